The molecule has 0 bridgehead atoms. The number of rotatable bonds is 7. The molecule has 0 aliphatic carbocycles. The van der Waals surface area contributed by atoms with Crippen LogP contribution in [0.5, 0.6) is 0 Å². The summed E-state index contributed by atoms with van der Waals surface area (Å²) >= 11 is 1.49. The molecule has 0 N–H and O–H groups in total. The Labute approximate surface area is 138 Å². The Kier molecular flexibility index (Phi) is 5.02. The first-order valence-corrected chi connectivity index (χ1v) is 8.49. The molecule has 7 nitrogen and oxygen atoms in total. The van der Waals surface area contributed by atoms with Crippen molar-refractivity contribution in [2.24, 2.45) is 0 Å². The third-order valence-corrected chi connectivity index (χ3v) is 4.33. The van der Waals surface area contributed by atoms with Gasteiger partial charge in [0.15, 0.2) is 5.82 Å². The quantitative estimate of drug-likeness (QED) is 0.615. The lowest BCUT2D eigenvalue weighted by Gasteiger charge is -2.06. The third kappa shape index (κ3) is 3.76. The van der Waals surface area contributed by atoms with Gasteiger partial charge in [0.1, 0.15) is 0 Å². The fraction of sp³-hybridized carbons (Fsp3) is 0.400. The van der Waals surface area contributed by atoms with Gasteiger partial charge in [0.05, 0.1) is 10.9 Å². The molecule has 120 valence electrons. The predicted molar refractivity (Wildman–Crippen MR) is 86.3 cm³/mol. The summed E-state index contributed by atoms with van der Waals surface area (Å²) in [4.78, 5) is 4.45. The predicted octanol–water partition coefficient (Wildman–Crippen LogP) is 3.24. The molecule has 0 aliphatic heterocycles. The molecule has 0 fully saturated rings. The molecule has 3 rings (SSSR count). The topological polar surface area (TPSA) is 82.5 Å². The summed E-state index contributed by atoms with van der Waals surface area (Å²) < 4.78 is 7.06. The molecule has 8 heteroatoms. The summed E-state index contributed by atoms with van der Waals surface area (Å²) in [5.41, 5.74) is 0.918. The van der Waals surface area contributed by atoms with Crippen LogP contribution in [-0.2, 0) is 6.42 Å². The van der Waals surface area contributed by atoms with Crippen LogP contribution in [0.15, 0.2) is 40.0 Å². The first-order valence-electron chi connectivity index (χ1n) is 7.61. The van der Waals surface area contributed by atoms with Crippen molar-refractivity contribution in [3.63, 3.8) is 0 Å². The lowest BCUT2D eigenvalue weighted by Crippen LogP contribution is -2.00. The van der Waals surface area contributed by atoms with E-state index in [9.17, 15) is 0 Å². The van der Waals surface area contributed by atoms with E-state index in [4.69, 9.17) is 4.52 Å². The SMILES string of the molecule is CCCCc1noc(C(C)Sc2nnnn2-c2ccccc2)n1. The molecule has 3 aromatic rings. The van der Waals surface area contributed by atoms with Crippen molar-refractivity contribution in [1.82, 2.24) is 30.3 Å². The highest BCUT2D eigenvalue weighted by Crippen LogP contribution is 2.33. The van der Waals surface area contributed by atoms with Crippen molar-refractivity contribution >= 4 is 11.8 Å². The van der Waals surface area contributed by atoms with Gasteiger partial charge in [0.2, 0.25) is 11.0 Å². The average molecular weight is 330 g/mol. The maximum absolute atomic E-state index is 5.36. The van der Waals surface area contributed by atoms with E-state index in [0.29, 0.717) is 11.0 Å². The molecular formula is C15H18N6OS. The van der Waals surface area contributed by atoms with Crippen LogP contribution in [-0.4, -0.2) is 30.3 Å². The fourth-order valence-corrected chi connectivity index (χ4v) is 2.90. The van der Waals surface area contributed by atoms with Crippen LogP contribution in [0.3, 0.4) is 0 Å². The van der Waals surface area contributed by atoms with Crippen LogP contribution < -0.4 is 0 Å². The maximum atomic E-state index is 5.36. The number of unbranched alkanes of at least 4 members (excludes halogenated alkanes) is 1. The van der Waals surface area contributed by atoms with Crippen LogP contribution in [0.1, 0.15) is 43.7 Å². The molecule has 2 aromatic heterocycles. The highest BCUT2D eigenvalue weighted by molar-refractivity contribution is 7.99. The zero-order valence-corrected chi connectivity index (χ0v) is 13.9. The molecule has 0 aliphatic rings. The Hall–Kier alpha value is -2.22. The zero-order valence-electron chi connectivity index (χ0n) is 13.1. The lowest BCUT2D eigenvalue weighted by atomic mass is 10.2. The van der Waals surface area contributed by atoms with E-state index in [1.165, 1.54) is 11.8 Å². The molecule has 0 spiro atoms. The van der Waals surface area contributed by atoms with Gasteiger partial charge in [-0.05, 0) is 35.9 Å². The van der Waals surface area contributed by atoms with Crippen LogP contribution >= 0.6 is 11.8 Å². The minimum absolute atomic E-state index is 0.0219. The van der Waals surface area contributed by atoms with Gasteiger partial charge in [0, 0.05) is 6.42 Å². The van der Waals surface area contributed by atoms with Crippen molar-refractivity contribution in [3.05, 3.63) is 42.0 Å². The number of aryl methyl sites for hydroxylation is 1. The molecule has 1 unspecified atom stereocenters. The van der Waals surface area contributed by atoms with Crippen molar-refractivity contribution in [2.75, 3.05) is 0 Å². The van der Waals surface area contributed by atoms with E-state index in [1.54, 1.807) is 4.68 Å². The smallest absolute Gasteiger partial charge is 0.239 e. The Morgan fingerprint density at radius 3 is 2.87 bits per heavy atom. The van der Waals surface area contributed by atoms with Gasteiger partial charge in [-0.1, -0.05) is 48.5 Å². The van der Waals surface area contributed by atoms with Gasteiger partial charge in [-0.2, -0.15) is 9.67 Å². The minimum Gasteiger partial charge on any atom is -0.338 e. The molecule has 2 heterocycles. The van der Waals surface area contributed by atoms with E-state index in [0.717, 1.165) is 30.8 Å². The number of benzene rings is 1. The van der Waals surface area contributed by atoms with Crippen molar-refractivity contribution in [2.45, 2.75) is 43.5 Å². The van der Waals surface area contributed by atoms with Crippen molar-refractivity contribution < 1.29 is 4.52 Å². The van der Waals surface area contributed by atoms with Gasteiger partial charge in [-0.25, -0.2) is 0 Å². The van der Waals surface area contributed by atoms with Gasteiger partial charge >= 0.3 is 0 Å². The van der Waals surface area contributed by atoms with E-state index in [2.05, 4.69) is 32.6 Å². The Balaban J connectivity index is 1.72. The Morgan fingerprint density at radius 1 is 1.26 bits per heavy atom. The second-order valence-electron chi connectivity index (χ2n) is 5.12. The van der Waals surface area contributed by atoms with Crippen LogP contribution in [0.4, 0.5) is 0 Å². The van der Waals surface area contributed by atoms with E-state index in [1.807, 2.05) is 37.3 Å². The van der Waals surface area contributed by atoms with E-state index < -0.39 is 0 Å². The molecule has 1 aromatic carbocycles. The highest BCUT2D eigenvalue weighted by atomic mass is 32.2. The zero-order chi connectivity index (χ0) is 16.1. The van der Waals surface area contributed by atoms with Gasteiger partial charge in [-0.15, -0.1) is 5.10 Å². The largest absolute Gasteiger partial charge is 0.338 e. The summed E-state index contributed by atoms with van der Waals surface area (Å²) in [6, 6.07) is 9.78. The van der Waals surface area contributed by atoms with E-state index >= 15 is 0 Å². The first kappa shape index (κ1) is 15.7. The Bertz CT molecular complexity index is 741. The summed E-state index contributed by atoms with van der Waals surface area (Å²) in [7, 11) is 0. The molecule has 1 atom stereocenters. The number of tetrazole rings is 1. The van der Waals surface area contributed by atoms with Crippen molar-refractivity contribution in [1.29, 1.82) is 0 Å². The van der Waals surface area contributed by atoms with E-state index in [-0.39, 0.29) is 5.25 Å². The molecule has 0 saturated carbocycles. The molecule has 0 amide bonds. The number of nitrogens with zero attached hydrogens (tertiary/aromatic N) is 6. The molecule has 23 heavy (non-hydrogen) atoms. The first-order chi connectivity index (χ1) is 11.3. The van der Waals surface area contributed by atoms with Gasteiger partial charge in [-0.3, -0.25) is 0 Å². The number of thioether (sulfide) groups is 1. The average Bonchev–Trinajstić information content (AvgIpc) is 3.23. The Morgan fingerprint density at radius 2 is 2.09 bits per heavy atom. The summed E-state index contributed by atoms with van der Waals surface area (Å²) in [6.07, 6.45) is 3.02. The van der Waals surface area contributed by atoms with Gasteiger partial charge < -0.3 is 4.52 Å². The number of para-hydroxylation sites is 1. The minimum atomic E-state index is -0.0219. The standard InChI is InChI=1S/C15H18N6OS/c1-3-4-10-13-16-14(22-18-13)11(2)23-15-17-19-20-21(15)12-8-6-5-7-9-12/h5-9,11H,3-4,10H2,1-2H3. The summed E-state index contributed by atoms with van der Waals surface area (Å²) in [5.74, 6) is 1.36. The van der Waals surface area contributed by atoms with Crippen molar-refractivity contribution in [3.8, 4) is 5.69 Å². The van der Waals surface area contributed by atoms with Crippen LogP contribution in [0.2, 0.25) is 0 Å². The highest BCUT2D eigenvalue weighted by Gasteiger charge is 2.19. The molecule has 0 radical (unpaired) electrons. The third-order valence-electron chi connectivity index (χ3n) is 3.31. The van der Waals surface area contributed by atoms with Crippen LogP contribution in [0, 0.1) is 0 Å². The second-order valence-corrected chi connectivity index (χ2v) is 6.43. The maximum Gasteiger partial charge on any atom is 0.239 e. The summed E-state index contributed by atoms with van der Waals surface area (Å²) in [5, 5.41) is 16.6. The molecular weight excluding hydrogens is 312 g/mol. The second kappa shape index (κ2) is 7.36. The number of hydrogen-bond acceptors (Lipinski definition) is 7. The lowest BCUT2D eigenvalue weighted by molar-refractivity contribution is 0.374. The normalized spacial score (nSPS) is 12.4. The fourth-order valence-electron chi connectivity index (χ4n) is 2.06. The number of aromatic nitrogens is 6. The van der Waals surface area contributed by atoms with Gasteiger partial charge in [0.25, 0.3) is 0 Å². The number of hydrogen-bond donors (Lipinski definition) is 0. The molecule has 0 saturated heterocycles. The monoisotopic (exact) mass is 330 g/mol. The summed E-state index contributed by atoms with van der Waals surface area (Å²) in [6.45, 7) is 4.15. The van der Waals surface area contributed by atoms with Crippen LogP contribution in [0.25, 0.3) is 5.69 Å².